The van der Waals surface area contributed by atoms with Crippen LogP contribution in [0.4, 0.5) is 5.82 Å². The van der Waals surface area contributed by atoms with E-state index in [1.807, 2.05) is 13.0 Å². The number of anilines is 1. The second-order valence-electron chi connectivity index (χ2n) is 5.68. The van der Waals surface area contributed by atoms with Crippen molar-refractivity contribution in [1.29, 1.82) is 0 Å². The number of ether oxygens (including phenoxy) is 1. The van der Waals surface area contributed by atoms with Gasteiger partial charge in [-0.1, -0.05) is 13.8 Å². The minimum atomic E-state index is -0.355. The van der Waals surface area contributed by atoms with Gasteiger partial charge in [0.05, 0.1) is 18.4 Å². The molecule has 20 heavy (non-hydrogen) atoms. The molecule has 0 atom stereocenters. The average molecular weight is 279 g/mol. The molecule has 0 saturated carbocycles. The Labute approximate surface area is 121 Å². The molecule has 0 amide bonds. The Morgan fingerprint density at radius 2 is 2.10 bits per heavy atom. The van der Waals surface area contributed by atoms with E-state index in [2.05, 4.69) is 30.7 Å². The molecule has 5 nitrogen and oxygen atoms in total. The number of aryl methyl sites for hydroxylation is 1. The molecule has 0 fully saturated rings. The number of carbonyl (C=O) groups excluding carboxylic acids is 1. The molecular weight excluding hydrogens is 254 g/mol. The van der Waals surface area contributed by atoms with Gasteiger partial charge in [0.25, 0.3) is 0 Å². The summed E-state index contributed by atoms with van der Waals surface area (Å²) >= 11 is 0. The van der Waals surface area contributed by atoms with Crippen LogP contribution in [0.1, 0.15) is 36.8 Å². The lowest BCUT2D eigenvalue weighted by Crippen LogP contribution is -2.39. The van der Waals surface area contributed by atoms with Crippen LogP contribution in [0.25, 0.3) is 0 Å². The van der Waals surface area contributed by atoms with Crippen molar-refractivity contribution >= 4 is 11.8 Å². The molecule has 112 valence electrons. The maximum Gasteiger partial charge on any atom is 0.339 e. The second-order valence-corrected chi connectivity index (χ2v) is 5.68. The van der Waals surface area contributed by atoms with E-state index in [9.17, 15) is 4.79 Å². The minimum absolute atomic E-state index is 0.0205. The summed E-state index contributed by atoms with van der Waals surface area (Å²) in [5.41, 5.74) is 7.00. The molecule has 1 aromatic heterocycles. The van der Waals surface area contributed by atoms with E-state index in [1.54, 1.807) is 6.07 Å². The van der Waals surface area contributed by atoms with Crippen molar-refractivity contribution in [3.05, 3.63) is 23.4 Å². The highest BCUT2D eigenvalue weighted by molar-refractivity contribution is 5.90. The highest BCUT2D eigenvalue weighted by Gasteiger charge is 2.21. The van der Waals surface area contributed by atoms with E-state index in [0.29, 0.717) is 17.8 Å². The van der Waals surface area contributed by atoms with Gasteiger partial charge in [-0.2, -0.15) is 0 Å². The number of aromatic nitrogens is 1. The lowest BCUT2D eigenvalue weighted by atomic mass is 9.93. The van der Waals surface area contributed by atoms with Crippen molar-refractivity contribution in [3.63, 3.8) is 0 Å². The van der Waals surface area contributed by atoms with Gasteiger partial charge in [-0.25, -0.2) is 9.78 Å². The average Bonchev–Trinajstić information content (AvgIpc) is 2.44. The van der Waals surface area contributed by atoms with Crippen molar-refractivity contribution < 1.29 is 9.53 Å². The third-order valence-electron chi connectivity index (χ3n) is 3.35. The van der Waals surface area contributed by atoms with Gasteiger partial charge in [-0.3, -0.25) is 0 Å². The summed E-state index contributed by atoms with van der Waals surface area (Å²) in [7, 11) is 1.37. The van der Waals surface area contributed by atoms with Crippen LogP contribution in [0.15, 0.2) is 12.1 Å². The maximum atomic E-state index is 11.6. The first-order chi connectivity index (χ1) is 9.34. The number of hydrogen-bond acceptors (Lipinski definition) is 5. The smallest absolute Gasteiger partial charge is 0.339 e. The molecule has 0 radical (unpaired) electrons. The zero-order chi connectivity index (χ0) is 15.3. The Bertz CT molecular complexity index is 472. The number of pyridine rings is 1. The van der Waals surface area contributed by atoms with Crippen molar-refractivity contribution in [2.45, 2.75) is 27.7 Å². The van der Waals surface area contributed by atoms with Gasteiger partial charge in [0.15, 0.2) is 0 Å². The number of carbonyl (C=O) groups is 1. The Morgan fingerprint density at radius 1 is 1.45 bits per heavy atom. The quantitative estimate of drug-likeness (QED) is 0.806. The van der Waals surface area contributed by atoms with Gasteiger partial charge in [0.1, 0.15) is 5.82 Å². The molecule has 0 saturated heterocycles. The zero-order valence-corrected chi connectivity index (χ0v) is 13.1. The molecule has 0 aromatic carbocycles. The summed E-state index contributed by atoms with van der Waals surface area (Å²) < 4.78 is 4.73. The van der Waals surface area contributed by atoms with Crippen molar-refractivity contribution in [1.82, 2.24) is 4.98 Å². The van der Waals surface area contributed by atoms with E-state index in [1.165, 1.54) is 7.11 Å². The molecule has 0 unspecified atom stereocenters. The van der Waals surface area contributed by atoms with E-state index >= 15 is 0 Å². The van der Waals surface area contributed by atoms with Crippen molar-refractivity contribution in [3.8, 4) is 0 Å². The van der Waals surface area contributed by atoms with Gasteiger partial charge in [0, 0.05) is 13.1 Å². The van der Waals surface area contributed by atoms with E-state index in [0.717, 1.165) is 18.9 Å². The number of methoxy groups -OCH3 is 1. The Hall–Kier alpha value is -1.62. The molecular formula is C15H25N3O2. The molecule has 1 rings (SSSR count). The van der Waals surface area contributed by atoms with Crippen molar-refractivity contribution in [2.24, 2.45) is 11.1 Å². The first kappa shape index (κ1) is 16.4. The fourth-order valence-corrected chi connectivity index (χ4v) is 1.99. The van der Waals surface area contributed by atoms with Gasteiger partial charge in [0.2, 0.25) is 0 Å². The molecule has 0 spiro atoms. The van der Waals surface area contributed by atoms with E-state index in [-0.39, 0.29) is 11.4 Å². The predicted octanol–water partition coefficient (Wildman–Crippen LogP) is 1.99. The van der Waals surface area contributed by atoms with Crippen LogP contribution in [-0.4, -0.2) is 37.7 Å². The number of nitrogens with zero attached hydrogens (tertiary/aromatic N) is 2. The highest BCUT2D eigenvalue weighted by atomic mass is 16.5. The standard InChI is InChI=1S/C15H25N3O2/c1-6-18(10-15(3,4)9-16)13-8-7-12(11(2)17-13)14(19)20-5/h7-8H,6,9-10,16H2,1-5H3. The van der Waals surface area contributed by atoms with Gasteiger partial charge >= 0.3 is 5.97 Å². The molecule has 0 bridgehead atoms. The monoisotopic (exact) mass is 279 g/mol. The first-order valence-electron chi connectivity index (χ1n) is 6.85. The summed E-state index contributed by atoms with van der Waals surface area (Å²) in [6, 6.07) is 3.62. The molecule has 5 heteroatoms. The van der Waals surface area contributed by atoms with Gasteiger partial charge < -0.3 is 15.4 Å². The molecule has 2 N–H and O–H groups in total. The summed E-state index contributed by atoms with van der Waals surface area (Å²) in [6.45, 7) is 10.4. The fraction of sp³-hybridized carbons (Fsp3) is 0.600. The summed E-state index contributed by atoms with van der Waals surface area (Å²) in [5.74, 6) is 0.506. The Morgan fingerprint density at radius 3 is 2.55 bits per heavy atom. The van der Waals surface area contributed by atoms with Crippen LogP contribution in [-0.2, 0) is 4.74 Å². The summed E-state index contributed by atoms with van der Waals surface area (Å²) in [4.78, 5) is 18.3. The van der Waals surface area contributed by atoms with Crippen LogP contribution >= 0.6 is 0 Å². The normalized spacial score (nSPS) is 11.3. The van der Waals surface area contributed by atoms with Crippen LogP contribution in [0, 0.1) is 12.3 Å². The number of nitrogens with two attached hydrogens (primary N) is 1. The van der Waals surface area contributed by atoms with E-state index in [4.69, 9.17) is 10.5 Å². The molecule has 0 aliphatic carbocycles. The van der Waals surface area contributed by atoms with Crippen LogP contribution in [0.5, 0.6) is 0 Å². The lowest BCUT2D eigenvalue weighted by Gasteiger charge is -2.32. The lowest BCUT2D eigenvalue weighted by molar-refractivity contribution is 0.0599. The highest BCUT2D eigenvalue weighted by Crippen LogP contribution is 2.21. The topological polar surface area (TPSA) is 68.5 Å². The van der Waals surface area contributed by atoms with Crippen molar-refractivity contribution in [2.75, 3.05) is 31.6 Å². The predicted molar refractivity (Wildman–Crippen MR) is 81.0 cm³/mol. The van der Waals surface area contributed by atoms with Crippen LogP contribution in [0.2, 0.25) is 0 Å². The van der Waals surface area contributed by atoms with Crippen LogP contribution < -0.4 is 10.6 Å². The first-order valence-corrected chi connectivity index (χ1v) is 6.85. The molecule has 1 heterocycles. The SMILES string of the molecule is CCN(CC(C)(C)CN)c1ccc(C(=O)OC)c(C)n1. The van der Waals surface area contributed by atoms with Gasteiger partial charge in [-0.15, -0.1) is 0 Å². The number of esters is 1. The van der Waals surface area contributed by atoms with Gasteiger partial charge in [-0.05, 0) is 37.9 Å². The molecule has 1 aromatic rings. The number of hydrogen-bond donors (Lipinski definition) is 1. The Kier molecular flexibility index (Phi) is 5.51. The maximum absolute atomic E-state index is 11.6. The third kappa shape index (κ3) is 3.93. The largest absolute Gasteiger partial charge is 0.465 e. The number of rotatable bonds is 6. The van der Waals surface area contributed by atoms with E-state index < -0.39 is 0 Å². The fourth-order valence-electron chi connectivity index (χ4n) is 1.99. The Balaban J connectivity index is 3.00. The van der Waals surface area contributed by atoms with Crippen LogP contribution in [0.3, 0.4) is 0 Å². The summed E-state index contributed by atoms with van der Waals surface area (Å²) in [6.07, 6.45) is 0. The molecule has 0 aliphatic heterocycles. The second kappa shape index (κ2) is 6.70. The minimum Gasteiger partial charge on any atom is -0.465 e. The summed E-state index contributed by atoms with van der Waals surface area (Å²) in [5, 5.41) is 0. The third-order valence-corrected chi connectivity index (χ3v) is 3.35. The molecule has 0 aliphatic rings. The zero-order valence-electron chi connectivity index (χ0n) is 13.1.